The van der Waals surface area contributed by atoms with Crippen molar-refractivity contribution in [3.63, 3.8) is 0 Å². The number of nitrogens with zero attached hydrogens (tertiary/aromatic N) is 2. The van der Waals surface area contributed by atoms with Crippen molar-refractivity contribution in [3.05, 3.63) is 68.6 Å². The molecule has 3 rings (SSSR count). The van der Waals surface area contributed by atoms with E-state index in [2.05, 4.69) is 31.9 Å². The van der Waals surface area contributed by atoms with Gasteiger partial charge in [0.1, 0.15) is 5.41 Å². The molecule has 0 aliphatic carbocycles. The van der Waals surface area contributed by atoms with Crippen LogP contribution in [0.25, 0.3) is 0 Å². The number of hydrogen-bond donors (Lipinski definition) is 0. The Balaban J connectivity index is 2.15. The molecule has 0 saturated carbocycles. The van der Waals surface area contributed by atoms with Crippen molar-refractivity contribution < 1.29 is 14.4 Å². The van der Waals surface area contributed by atoms with E-state index in [4.69, 9.17) is 0 Å². The highest BCUT2D eigenvalue weighted by Crippen LogP contribution is 2.38. The second kappa shape index (κ2) is 7.56. The van der Waals surface area contributed by atoms with Crippen LogP contribution in [0.5, 0.6) is 0 Å². The van der Waals surface area contributed by atoms with Crippen molar-refractivity contribution in [2.24, 2.45) is 5.41 Å². The summed E-state index contributed by atoms with van der Waals surface area (Å²) in [5.74, 6) is -0.968. The number of barbiturate groups is 1. The lowest BCUT2D eigenvalue weighted by molar-refractivity contribution is -0.157. The molecule has 1 aliphatic rings. The molecule has 140 valence electrons. The number of benzene rings is 2. The van der Waals surface area contributed by atoms with Crippen LogP contribution in [0, 0.1) is 5.41 Å². The number of carbonyl (C=O) groups is 3. The molecule has 0 N–H and O–H groups in total. The fourth-order valence-electron chi connectivity index (χ4n) is 3.43. The molecule has 27 heavy (non-hydrogen) atoms. The smallest absolute Gasteiger partial charge is 0.273 e. The monoisotopic (exact) mass is 492 g/mol. The summed E-state index contributed by atoms with van der Waals surface area (Å²) in [4.78, 5) is 40.9. The molecule has 1 saturated heterocycles. The minimum Gasteiger partial charge on any atom is -0.273 e. The van der Waals surface area contributed by atoms with Crippen molar-refractivity contribution >= 4 is 49.7 Å². The van der Waals surface area contributed by atoms with E-state index in [9.17, 15) is 14.4 Å². The lowest BCUT2D eigenvalue weighted by Gasteiger charge is -2.42. The normalized spacial score (nSPS) is 16.8. The van der Waals surface area contributed by atoms with E-state index in [0.717, 1.165) is 29.9 Å². The average Bonchev–Trinajstić information content (AvgIpc) is 2.67. The first kappa shape index (κ1) is 19.8. The summed E-state index contributed by atoms with van der Waals surface area (Å²) in [5.41, 5.74) is 0.273. The van der Waals surface area contributed by atoms with Crippen LogP contribution in [-0.4, -0.2) is 41.7 Å². The number of rotatable bonds is 4. The molecule has 0 spiro atoms. The number of imide groups is 2. The summed E-state index contributed by atoms with van der Waals surface area (Å²) < 4.78 is 1.64. The van der Waals surface area contributed by atoms with Crippen molar-refractivity contribution in [3.8, 4) is 0 Å². The predicted octanol–water partition coefficient (Wildman–Crippen LogP) is 4.03. The highest BCUT2D eigenvalue weighted by atomic mass is 79.9. The average molecular weight is 494 g/mol. The molecule has 0 radical (unpaired) electrons. The van der Waals surface area contributed by atoms with Crippen LogP contribution in [0.15, 0.2) is 57.5 Å². The minimum atomic E-state index is -1.40. The standard InChI is InChI=1S/C20H18Br2N2O3/c1-23-17(25)20(18(26)24(2)19(23)27,11-13-7-3-5-9-15(13)21)12-14-8-4-6-10-16(14)22/h3-10H,11-12H2,1-2H3. The molecule has 2 aromatic rings. The second-order valence-electron chi connectivity index (χ2n) is 6.63. The number of amides is 4. The fraction of sp³-hybridized carbons (Fsp3) is 0.250. The summed E-state index contributed by atoms with van der Waals surface area (Å²) in [5, 5.41) is 0. The van der Waals surface area contributed by atoms with Crippen LogP contribution in [0.3, 0.4) is 0 Å². The molecule has 1 heterocycles. The predicted molar refractivity (Wildman–Crippen MR) is 109 cm³/mol. The Morgan fingerprint density at radius 3 is 1.48 bits per heavy atom. The first-order valence-electron chi connectivity index (χ1n) is 8.35. The van der Waals surface area contributed by atoms with Crippen molar-refractivity contribution in [2.75, 3.05) is 14.1 Å². The molecule has 5 nitrogen and oxygen atoms in total. The van der Waals surface area contributed by atoms with Gasteiger partial charge in [-0.05, 0) is 36.1 Å². The van der Waals surface area contributed by atoms with Gasteiger partial charge in [0.25, 0.3) is 0 Å². The van der Waals surface area contributed by atoms with Crippen molar-refractivity contribution in [1.82, 2.24) is 9.80 Å². The molecule has 0 unspecified atom stereocenters. The minimum absolute atomic E-state index is 0.190. The maximum absolute atomic E-state index is 13.3. The van der Waals surface area contributed by atoms with E-state index >= 15 is 0 Å². The highest BCUT2D eigenvalue weighted by molar-refractivity contribution is 9.10. The Kier molecular flexibility index (Phi) is 5.53. The van der Waals surface area contributed by atoms with Gasteiger partial charge in [-0.25, -0.2) is 4.79 Å². The maximum atomic E-state index is 13.3. The van der Waals surface area contributed by atoms with Gasteiger partial charge in [0.05, 0.1) is 0 Å². The summed E-state index contributed by atoms with van der Waals surface area (Å²) >= 11 is 7.01. The Labute approximate surface area is 174 Å². The zero-order valence-electron chi connectivity index (χ0n) is 14.9. The summed E-state index contributed by atoms with van der Waals surface area (Å²) in [7, 11) is 2.84. The molecule has 1 aliphatic heterocycles. The van der Waals surface area contributed by atoms with Gasteiger partial charge in [0.2, 0.25) is 11.8 Å². The summed E-state index contributed by atoms with van der Waals surface area (Å²) in [6, 6.07) is 14.4. The van der Waals surface area contributed by atoms with Gasteiger partial charge in [0.15, 0.2) is 0 Å². The number of urea groups is 1. The van der Waals surface area contributed by atoms with E-state index in [0.29, 0.717) is 0 Å². The summed E-state index contributed by atoms with van der Waals surface area (Å²) in [6.45, 7) is 0. The Hall–Kier alpha value is -1.99. The lowest BCUT2D eigenvalue weighted by Crippen LogP contribution is -2.64. The third kappa shape index (κ3) is 3.46. The van der Waals surface area contributed by atoms with Crippen LogP contribution < -0.4 is 0 Å². The molecule has 2 aromatic carbocycles. The molecule has 0 aromatic heterocycles. The largest absolute Gasteiger partial charge is 0.332 e. The molecule has 7 heteroatoms. The van der Waals surface area contributed by atoms with Gasteiger partial charge in [-0.1, -0.05) is 68.3 Å². The van der Waals surface area contributed by atoms with Crippen LogP contribution in [0.4, 0.5) is 4.79 Å². The van der Waals surface area contributed by atoms with Gasteiger partial charge >= 0.3 is 6.03 Å². The molecule has 4 amide bonds. The Bertz CT molecular complexity index is 855. The lowest BCUT2D eigenvalue weighted by atomic mass is 9.73. The molecule has 1 fully saturated rings. The van der Waals surface area contributed by atoms with Crippen molar-refractivity contribution in [1.29, 1.82) is 0 Å². The maximum Gasteiger partial charge on any atom is 0.332 e. The van der Waals surface area contributed by atoms with Gasteiger partial charge in [0, 0.05) is 23.0 Å². The van der Waals surface area contributed by atoms with E-state index in [-0.39, 0.29) is 12.8 Å². The number of halogens is 2. The first-order valence-corrected chi connectivity index (χ1v) is 9.93. The van der Waals surface area contributed by atoms with E-state index < -0.39 is 23.3 Å². The fourth-order valence-corrected chi connectivity index (χ4v) is 4.28. The van der Waals surface area contributed by atoms with E-state index in [1.54, 1.807) is 0 Å². The van der Waals surface area contributed by atoms with Crippen LogP contribution in [0.2, 0.25) is 0 Å². The zero-order valence-corrected chi connectivity index (χ0v) is 18.1. The van der Waals surface area contributed by atoms with E-state index in [1.807, 2.05) is 48.5 Å². The third-order valence-electron chi connectivity index (χ3n) is 4.90. The molecule has 0 bridgehead atoms. The van der Waals surface area contributed by atoms with Crippen LogP contribution in [0.1, 0.15) is 11.1 Å². The van der Waals surface area contributed by atoms with E-state index in [1.165, 1.54) is 14.1 Å². The van der Waals surface area contributed by atoms with Gasteiger partial charge in [-0.15, -0.1) is 0 Å². The Morgan fingerprint density at radius 2 is 1.11 bits per heavy atom. The second-order valence-corrected chi connectivity index (χ2v) is 8.34. The topological polar surface area (TPSA) is 57.7 Å². The van der Waals surface area contributed by atoms with Crippen LogP contribution in [-0.2, 0) is 22.4 Å². The molecule has 0 atom stereocenters. The molecular weight excluding hydrogens is 476 g/mol. The molecular formula is C20H18Br2N2O3. The number of carbonyl (C=O) groups excluding carboxylic acids is 3. The third-order valence-corrected chi connectivity index (χ3v) is 6.45. The number of hydrogen-bond acceptors (Lipinski definition) is 3. The van der Waals surface area contributed by atoms with Gasteiger partial charge < -0.3 is 0 Å². The van der Waals surface area contributed by atoms with Crippen molar-refractivity contribution in [2.45, 2.75) is 12.8 Å². The van der Waals surface area contributed by atoms with Crippen LogP contribution >= 0.6 is 31.9 Å². The first-order chi connectivity index (χ1) is 12.8. The Morgan fingerprint density at radius 1 is 0.741 bits per heavy atom. The quantitative estimate of drug-likeness (QED) is 0.604. The zero-order chi connectivity index (χ0) is 19.8. The van der Waals surface area contributed by atoms with Gasteiger partial charge in [-0.2, -0.15) is 0 Å². The van der Waals surface area contributed by atoms with Gasteiger partial charge in [-0.3, -0.25) is 19.4 Å². The SMILES string of the molecule is CN1C(=O)N(C)C(=O)C(Cc2ccccc2Br)(Cc2ccccc2Br)C1=O. The highest BCUT2D eigenvalue weighted by Gasteiger charge is 2.55. The summed E-state index contributed by atoms with van der Waals surface area (Å²) in [6.07, 6.45) is 0.380.